The molecule has 1 N–H and O–H groups in total. The van der Waals surface area contributed by atoms with Crippen molar-refractivity contribution in [2.45, 2.75) is 25.3 Å². The third-order valence-electron chi connectivity index (χ3n) is 1.50. The summed E-state index contributed by atoms with van der Waals surface area (Å²) in [7, 11) is 0. The standard InChI is InChI=1S/C6H9NO2/c8-6-4-2-1-3-5(6)7-9/h4-5,8H,1-3H2. The third kappa shape index (κ3) is 1.28. The number of hydrogen-bond acceptors (Lipinski definition) is 3. The van der Waals surface area contributed by atoms with Gasteiger partial charge in [-0.25, -0.2) is 0 Å². The molecule has 0 bridgehead atoms. The van der Waals surface area contributed by atoms with Crippen LogP contribution >= 0.6 is 0 Å². The van der Waals surface area contributed by atoms with Crippen LogP contribution in [0.5, 0.6) is 0 Å². The Morgan fingerprint density at radius 2 is 2.56 bits per heavy atom. The van der Waals surface area contributed by atoms with Crippen LogP contribution < -0.4 is 0 Å². The van der Waals surface area contributed by atoms with E-state index in [0.717, 1.165) is 12.8 Å². The summed E-state index contributed by atoms with van der Waals surface area (Å²) < 4.78 is 0. The van der Waals surface area contributed by atoms with Gasteiger partial charge < -0.3 is 5.11 Å². The Kier molecular flexibility index (Phi) is 1.82. The lowest BCUT2D eigenvalue weighted by Crippen LogP contribution is -2.10. The molecule has 50 valence electrons. The average molecular weight is 127 g/mol. The molecule has 0 aliphatic heterocycles. The summed E-state index contributed by atoms with van der Waals surface area (Å²) in [4.78, 5) is 9.92. The largest absolute Gasteiger partial charge is 0.510 e. The highest BCUT2D eigenvalue weighted by Crippen LogP contribution is 2.18. The fourth-order valence-electron chi connectivity index (χ4n) is 0.952. The minimum absolute atomic E-state index is 0.149. The zero-order chi connectivity index (χ0) is 6.69. The van der Waals surface area contributed by atoms with E-state index in [2.05, 4.69) is 5.18 Å². The van der Waals surface area contributed by atoms with Crippen molar-refractivity contribution < 1.29 is 5.11 Å². The van der Waals surface area contributed by atoms with Gasteiger partial charge in [0.1, 0.15) is 11.8 Å². The summed E-state index contributed by atoms with van der Waals surface area (Å²) in [6.07, 6.45) is 4.19. The zero-order valence-electron chi connectivity index (χ0n) is 5.08. The number of hydrogen-bond donors (Lipinski definition) is 1. The van der Waals surface area contributed by atoms with E-state index in [-0.39, 0.29) is 5.76 Å². The van der Waals surface area contributed by atoms with E-state index in [1.54, 1.807) is 6.08 Å². The van der Waals surface area contributed by atoms with Crippen LogP contribution in [0.3, 0.4) is 0 Å². The van der Waals surface area contributed by atoms with Gasteiger partial charge in [-0.15, -0.1) is 0 Å². The molecule has 0 aromatic heterocycles. The SMILES string of the molecule is O=NC1CCCC=C1O. The molecule has 3 heteroatoms. The molecule has 1 aliphatic carbocycles. The minimum atomic E-state index is -0.459. The highest BCUT2D eigenvalue weighted by atomic mass is 16.3. The summed E-state index contributed by atoms with van der Waals surface area (Å²) in [5.41, 5.74) is 0. The summed E-state index contributed by atoms with van der Waals surface area (Å²) in [5, 5.41) is 11.7. The van der Waals surface area contributed by atoms with Crippen molar-refractivity contribution in [3.05, 3.63) is 16.7 Å². The molecule has 1 aliphatic rings. The van der Waals surface area contributed by atoms with Crippen molar-refractivity contribution in [1.29, 1.82) is 0 Å². The molecule has 3 nitrogen and oxygen atoms in total. The molecule has 0 radical (unpaired) electrons. The molecule has 0 fully saturated rings. The first kappa shape index (κ1) is 6.26. The molecule has 1 rings (SSSR count). The van der Waals surface area contributed by atoms with Crippen LogP contribution in [0.4, 0.5) is 0 Å². The van der Waals surface area contributed by atoms with Crippen LogP contribution in [0.2, 0.25) is 0 Å². The van der Waals surface area contributed by atoms with Gasteiger partial charge in [-0.05, 0) is 25.3 Å². The van der Waals surface area contributed by atoms with Crippen molar-refractivity contribution in [2.75, 3.05) is 0 Å². The molecule has 0 spiro atoms. The van der Waals surface area contributed by atoms with Crippen molar-refractivity contribution in [3.8, 4) is 0 Å². The first-order valence-corrected chi connectivity index (χ1v) is 3.06. The molecule has 0 heterocycles. The maximum Gasteiger partial charge on any atom is 0.148 e. The first-order chi connectivity index (χ1) is 4.34. The monoisotopic (exact) mass is 127 g/mol. The second kappa shape index (κ2) is 2.62. The fraction of sp³-hybridized carbons (Fsp3) is 0.667. The summed E-state index contributed by atoms with van der Waals surface area (Å²) in [6.45, 7) is 0. The number of nitrogens with zero attached hydrogens (tertiary/aromatic N) is 1. The normalized spacial score (nSPS) is 27.1. The molecule has 0 saturated heterocycles. The first-order valence-electron chi connectivity index (χ1n) is 3.06. The number of aliphatic hydroxyl groups is 1. The number of aliphatic hydroxyl groups excluding tert-OH is 1. The molecule has 1 unspecified atom stereocenters. The molecule has 0 aromatic rings. The molecular weight excluding hydrogens is 118 g/mol. The summed E-state index contributed by atoms with van der Waals surface area (Å²) >= 11 is 0. The Hall–Kier alpha value is -0.860. The maximum atomic E-state index is 9.92. The van der Waals surface area contributed by atoms with Crippen LogP contribution in [-0.2, 0) is 0 Å². The predicted octanol–water partition coefficient (Wildman–Crippen LogP) is 1.75. The van der Waals surface area contributed by atoms with Gasteiger partial charge in [0.05, 0.1) is 0 Å². The second-order valence-corrected chi connectivity index (χ2v) is 2.18. The minimum Gasteiger partial charge on any atom is -0.510 e. The van der Waals surface area contributed by atoms with Gasteiger partial charge in [-0.2, -0.15) is 4.91 Å². The lowest BCUT2D eigenvalue weighted by molar-refractivity contribution is 0.342. The van der Waals surface area contributed by atoms with Gasteiger partial charge in [-0.1, -0.05) is 5.18 Å². The van der Waals surface area contributed by atoms with Gasteiger partial charge in [0.25, 0.3) is 0 Å². The van der Waals surface area contributed by atoms with Crippen molar-refractivity contribution in [2.24, 2.45) is 5.18 Å². The van der Waals surface area contributed by atoms with Crippen LogP contribution in [0, 0.1) is 4.91 Å². The van der Waals surface area contributed by atoms with E-state index in [0.29, 0.717) is 6.42 Å². The van der Waals surface area contributed by atoms with E-state index in [1.807, 2.05) is 0 Å². The Morgan fingerprint density at radius 1 is 1.78 bits per heavy atom. The Labute approximate surface area is 53.4 Å². The van der Waals surface area contributed by atoms with Crippen LogP contribution in [0.15, 0.2) is 17.0 Å². The summed E-state index contributed by atoms with van der Waals surface area (Å²) in [5.74, 6) is 0.149. The smallest absolute Gasteiger partial charge is 0.148 e. The topological polar surface area (TPSA) is 49.7 Å². The molecule has 0 amide bonds. The fourth-order valence-corrected chi connectivity index (χ4v) is 0.952. The second-order valence-electron chi connectivity index (χ2n) is 2.18. The quantitative estimate of drug-likeness (QED) is 0.545. The van der Waals surface area contributed by atoms with Gasteiger partial charge >= 0.3 is 0 Å². The van der Waals surface area contributed by atoms with Crippen molar-refractivity contribution >= 4 is 0 Å². The molecule has 0 saturated carbocycles. The number of allylic oxidation sites excluding steroid dienone is 1. The molecule has 9 heavy (non-hydrogen) atoms. The number of rotatable bonds is 1. The van der Waals surface area contributed by atoms with E-state index in [4.69, 9.17) is 5.11 Å². The van der Waals surface area contributed by atoms with Gasteiger partial charge in [0.2, 0.25) is 0 Å². The molecule has 1 atom stereocenters. The average Bonchev–Trinajstić information content (AvgIpc) is 1.89. The molecular formula is C6H9NO2. The van der Waals surface area contributed by atoms with Gasteiger partial charge in [0.15, 0.2) is 0 Å². The van der Waals surface area contributed by atoms with E-state index < -0.39 is 6.04 Å². The van der Waals surface area contributed by atoms with Gasteiger partial charge in [-0.3, -0.25) is 0 Å². The highest BCUT2D eigenvalue weighted by Gasteiger charge is 2.16. The zero-order valence-corrected chi connectivity index (χ0v) is 5.08. The summed E-state index contributed by atoms with van der Waals surface area (Å²) in [6, 6.07) is -0.459. The highest BCUT2D eigenvalue weighted by molar-refractivity contribution is 5.04. The Morgan fingerprint density at radius 3 is 3.00 bits per heavy atom. The van der Waals surface area contributed by atoms with Crippen molar-refractivity contribution in [3.63, 3.8) is 0 Å². The van der Waals surface area contributed by atoms with Crippen LogP contribution in [0.1, 0.15) is 19.3 Å². The predicted molar refractivity (Wildman–Crippen MR) is 34.1 cm³/mol. The van der Waals surface area contributed by atoms with Gasteiger partial charge in [0, 0.05) is 0 Å². The van der Waals surface area contributed by atoms with Crippen molar-refractivity contribution in [1.82, 2.24) is 0 Å². The Bertz CT molecular complexity index is 142. The van der Waals surface area contributed by atoms with Crippen LogP contribution in [0.25, 0.3) is 0 Å². The van der Waals surface area contributed by atoms with E-state index in [1.165, 1.54) is 0 Å². The van der Waals surface area contributed by atoms with E-state index >= 15 is 0 Å². The molecule has 0 aromatic carbocycles. The lowest BCUT2D eigenvalue weighted by Gasteiger charge is -2.11. The maximum absolute atomic E-state index is 9.92. The van der Waals surface area contributed by atoms with Crippen LogP contribution in [-0.4, -0.2) is 11.1 Å². The van der Waals surface area contributed by atoms with E-state index in [9.17, 15) is 4.91 Å². The number of nitroso groups, excluding NO2 is 1. The third-order valence-corrected chi connectivity index (χ3v) is 1.50. The lowest BCUT2D eigenvalue weighted by atomic mass is 10.0. The Balaban J connectivity index is 2.60.